The Labute approximate surface area is 92.7 Å². The molecule has 0 amide bonds. The zero-order valence-electron chi connectivity index (χ0n) is 9.74. The first-order chi connectivity index (χ1) is 7.28. The van der Waals surface area contributed by atoms with Crippen molar-refractivity contribution in [2.45, 2.75) is 69.7 Å². The van der Waals surface area contributed by atoms with Crippen LogP contribution in [0.25, 0.3) is 0 Å². The van der Waals surface area contributed by atoms with Gasteiger partial charge in [-0.1, -0.05) is 6.42 Å². The monoisotopic (exact) mass is 212 g/mol. The summed E-state index contributed by atoms with van der Waals surface area (Å²) in [5.74, 6) is 0. The number of hydrogen-bond acceptors (Lipinski definition) is 3. The molecular formula is C12H24N2O. The van der Waals surface area contributed by atoms with Gasteiger partial charge >= 0.3 is 0 Å². The predicted octanol–water partition coefficient (Wildman–Crippen LogP) is 1.41. The number of nitrogens with one attached hydrogen (secondary N) is 1. The highest BCUT2D eigenvalue weighted by atomic mass is 16.5. The van der Waals surface area contributed by atoms with Gasteiger partial charge in [0.15, 0.2) is 0 Å². The van der Waals surface area contributed by atoms with Crippen LogP contribution in [0.4, 0.5) is 0 Å². The Hall–Kier alpha value is -0.120. The topological polar surface area (TPSA) is 47.3 Å². The standard InChI is InChI=1S/C12H24N2O/c1-2-15-12-7-11(8-12)14-10-5-3-4-9(13)6-10/h9-12,14H,2-8,13H2,1H3. The van der Waals surface area contributed by atoms with Gasteiger partial charge in [-0.25, -0.2) is 0 Å². The summed E-state index contributed by atoms with van der Waals surface area (Å²) in [6.07, 6.45) is 7.88. The van der Waals surface area contributed by atoms with Crippen LogP contribution in [0.2, 0.25) is 0 Å². The molecule has 3 nitrogen and oxygen atoms in total. The molecule has 0 radical (unpaired) electrons. The minimum atomic E-state index is 0.430. The van der Waals surface area contributed by atoms with Crippen LogP contribution in [0.1, 0.15) is 45.4 Å². The summed E-state index contributed by atoms with van der Waals surface area (Å²) >= 11 is 0. The van der Waals surface area contributed by atoms with Crippen molar-refractivity contribution >= 4 is 0 Å². The van der Waals surface area contributed by atoms with Crippen LogP contribution < -0.4 is 11.1 Å². The van der Waals surface area contributed by atoms with E-state index in [4.69, 9.17) is 10.5 Å². The van der Waals surface area contributed by atoms with E-state index in [1.165, 1.54) is 32.1 Å². The molecule has 88 valence electrons. The SMILES string of the molecule is CCOC1CC(NC2CCCC(N)C2)C1. The van der Waals surface area contributed by atoms with Crippen molar-refractivity contribution in [3.05, 3.63) is 0 Å². The van der Waals surface area contributed by atoms with Gasteiger partial charge in [0.1, 0.15) is 0 Å². The van der Waals surface area contributed by atoms with Crippen molar-refractivity contribution in [3.63, 3.8) is 0 Å². The Kier molecular flexibility index (Phi) is 4.00. The second-order valence-corrected chi connectivity index (χ2v) is 5.04. The Morgan fingerprint density at radius 2 is 2.00 bits per heavy atom. The van der Waals surface area contributed by atoms with Crippen LogP contribution >= 0.6 is 0 Å². The fraction of sp³-hybridized carbons (Fsp3) is 1.00. The van der Waals surface area contributed by atoms with E-state index in [2.05, 4.69) is 12.2 Å². The average Bonchev–Trinajstić information content (AvgIpc) is 2.15. The lowest BCUT2D eigenvalue weighted by Crippen LogP contribution is -2.51. The number of rotatable bonds is 4. The minimum Gasteiger partial charge on any atom is -0.378 e. The van der Waals surface area contributed by atoms with E-state index in [0.29, 0.717) is 24.2 Å². The van der Waals surface area contributed by atoms with Crippen molar-refractivity contribution in [2.75, 3.05) is 6.61 Å². The van der Waals surface area contributed by atoms with E-state index < -0.39 is 0 Å². The lowest BCUT2D eigenvalue weighted by atomic mass is 9.85. The first-order valence-corrected chi connectivity index (χ1v) is 6.41. The van der Waals surface area contributed by atoms with Gasteiger partial charge in [-0.2, -0.15) is 0 Å². The van der Waals surface area contributed by atoms with Crippen LogP contribution in [0, 0.1) is 0 Å². The first-order valence-electron chi connectivity index (χ1n) is 6.41. The molecule has 0 aromatic heterocycles. The Morgan fingerprint density at radius 3 is 2.67 bits per heavy atom. The summed E-state index contributed by atoms with van der Waals surface area (Å²) in [7, 11) is 0. The molecule has 2 atom stereocenters. The van der Waals surface area contributed by atoms with Crippen LogP contribution in [0.3, 0.4) is 0 Å². The van der Waals surface area contributed by atoms with Crippen molar-refractivity contribution in [2.24, 2.45) is 5.73 Å². The summed E-state index contributed by atoms with van der Waals surface area (Å²) < 4.78 is 5.55. The van der Waals surface area contributed by atoms with E-state index in [0.717, 1.165) is 13.0 Å². The molecular weight excluding hydrogens is 188 g/mol. The Bertz CT molecular complexity index is 192. The summed E-state index contributed by atoms with van der Waals surface area (Å²) in [5, 5.41) is 3.71. The lowest BCUT2D eigenvalue weighted by molar-refractivity contribution is -0.0135. The summed E-state index contributed by atoms with van der Waals surface area (Å²) in [6, 6.07) is 1.79. The van der Waals surface area contributed by atoms with Gasteiger partial charge in [-0.3, -0.25) is 0 Å². The maximum atomic E-state index is 5.97. The van der Waals surface area contributed by atoms with Crippen LogP contribution in [0.5, 0.6) is 0 Å². The van der Waals surface area contributed by atoms with Crippen molar-refractivity contribution in [1.82, 2.24) is 5.32 Å². The van der Waals surface area contributed by atoms with Crippen molar-refractivity contribution in [1.29, 1.82) is 0 Å². The second-order valence-electron chi connectivity index (χ2n) is 5.04. The highest BCUT2D eigenvalue weighted by molar-refractivity contribution is 4.90. The van der Waals surface area contributed by atoms with E-state index in [1.54, 1.807) is 0 Å². The molecule has 15 heavy (non-hydrogen) atoms. The van der Waals surface area contributed by atoms with Gasteiger partial charge < -0.3 is 15.8 Å². The third-order valence-corrected chi connectivity index (χ3v) is 3.68. The van der Waals surface area contributed by atoms with Gasteiger partial charge in [-0.05, 0) is 39.0 Å². The predicted molar refractivity (Wildman–Crippen MR) is 61.8 cm³/mol. The van der Waals surface area contributed by atoms with Crippen LogP contribution in [0.15, 0.2) is 0 Å². The molecule has 2 unspecified atom stereocenters. The number of hydrogen-bond donors (Lipinski definition) is 2. The Balaban J connectivity index is 1.62. The van der Waals surface area contributed by atoms with E-state index in [9.17, 15) is 0 Å². The summed E-state index contributed by atoms with van der Waals surface area (Å²) in [4.78, 5) is 0. The Morgan fingerprint density at radius 1 is 1.20 bits per heavy atom. The lowest BCUT2D eigenvalue weighted by Gasteiger charge is -2.39. The van der Waals surface area contributed by atoms with Crippen molar-refractivity contribution < 1.29 is 4.74 Å². The maximum Gasteiger partial charge on any atom is 0.0604 e. The third kappa shape index (κ3) is 3.16. The highest BCUT2D eigenvalue weighted by Crippen LogP contribution is 2.26. The molecule has 0 saturated heterocycles. The normalized spacial score (nSPS) is 41.2. The molecule has 0 spiro atoms. The fourth-order valence-corrected chi connectivity index (χ4v) is 2.79. The minimum absolute atomic E-state index is 0.430. The van der Waals surface area contributed by atoms with Crippen molar-refractivity contribution in [3.8, 4) is 0 Å². The summed E-state index contributed by atoms with van der Waals surface area (Å²) in [5.41, 5.74) is 5.97. The van der Waals surface area contributed by atoms with E-state index in [1.807, 2.05) is 0 Å². The van der Waals surface area contributed by atoms with Gasteiger partial charge in [0.2, 0.25) is 0 Å². The molecule has 0 aliphatic heterocycles. The number of nitrogens with two attached hydrogens (primary N) is 1. The van der Waals surface area contributed by atoms with Gasteiger partial charge in [0.25, 0.3) is 0 Å². The maximum absolute atomic E-state index is 5.97. The summed E-state index contributed by atoms with van der Waals surface area (Å²) in [6.45, 7) is 2.92. The molecule has 2 fully saturated rings. The number of ether oxygens (including phenoxy) is 1. The van der Waals surface area contributed by atoms with Gasteiger partial charge in [0.05, 0.1) is 6.10 Å². The van der Waals surface area contributed by atoms with Crippen LogP contribution in [-0.4, -0.2) is 30.8 Å². The molecule has 3 N–H and O–H groups in total. The third-order valence-electron chi connectivity index (χ3n) is 3.68. The van der Waals surface area contributed by atoms with E-state index in [-0.39, 0.29) is 0 Å². The largest absolute Gasteiger partial charge is 0.378 e. The highest BCUT2D eigenvalue weighted by Gasteiger charge is 2.31. The molecule has 0 aromatic carbocycles. The zero-order chi connectivity index (χ0) is 10.7. The van der Waals surface area contributed by atoms with Crippen LogP contribution in [-0.2, 0) is 4.74 Å². The first kappa shape index (κ1) is 11.4. The van der Waals surface area contributed by atoms with E-state index >= 15 is 0 Å². The molecule has 0 heterocycles. The van der Waals surface area contributed by atoms with Gasteiger partial charge in [-0.15, -0.1) is 0 Å². The molecule has 0 aromatic rings. The zero-order valence-corrected chi connectivity index (χ0v) is 9.74. The smallest absolute Gasteiger partial charge is 0.0604 e. The molecule has 3 heteroatoms. The average molecular weight is 212 g/mol. The molecule has 2 saturated carbocycles. The molecule has 2 aliphatic carbocycles. The molecule has 2 rings (SSSR count). The molecule has 2 aliphatic rings. The van der Waals surface area contributed by atoms with Gasteiger partial charge in [0, 0.05) is 24.7 Å². The molecule has 0 bridgehead atoms. The fourth-order valence-electron chi connectivity index (χ4n) is 2.79. The quantitative estimate of drug-likeness (QED) is 0.741. The second kappa shape index (κ2) is 5.28.